The molecule has 4 nitrogen and oxygen atoms in total. The first-order chi connectivity index (χ1) is 9.24. The summed E-state index contributed by atoms with van der Waals surface area (Å²) in [6, 6.07) is 7.75. The van der Waals surface area contributed by atoms with Crippen molar-refractivity contribution in [2.75, 3.05) is 11.4 Å². The average Bonchev–Trinajstić information content (AvgIpc) is 2.46. The molecule has 0 aliphatic heterocycles. The zero-order valence-electron chi connectivity index (χ0n) is 10.8. The topological polar surface area (TPSA) is 49.2 Å². The zero-order chi connectivity index (χ0) is 13.7. The van der Waals surface area contributed by atoms with Gasteiger partial charge < -0.3 is 10.0 Å². The largest absolute Gasteiger partial charge is 0.392 e. The molecule has 100 valence electrons. The fourth-order valence-electron chi connectivity index (χ4n) is 1.90. The second-order valence-corrected chi connectivity index (χ2v) is 5.05. The summed E-state index contributed by atoms with van der Waals surface area (Å²) >= 11 is 3.37. The Bertz CT molecular complexity index is 533. The third-order valence-electron chi connectivity index (χ3n) is 2.84. The average molecular weight is 322 g/mol. The third-order valence-corrected chi connectivity index (χ3v) is 3.27. The van der Waals surface area contributed by atoms with Crippen molar-refractivity contribution < 1.29 is 5.11 Å². The molecule has 5 heteroatoms. The minimum absolute atomic E-state index is 0.0273. The Hall–Kier alpha value is -1.46. The molecule has 0 saturated heterocycles. The summed E-state index contributed by atoms with van der Waals surface area (Å²) in [6.45, 7) is 3.52. The van der Waals surface area contributed by atoms with Crippen LogP contribution in [0.2, 0.25) is 0 Å². The van der Waals surface area contributed by atoms with Crippen LogP contribution in [0.1, 0.15) is 18.2 Å². The molecule has 1 N–H and O–H groups in total. The molecule has 0 aliphatic rings. The lowest BCUT2D eigenvalue weighted by atomic mass is 10.2. The number of rotatable bonds is 5. The Kier molecular flexibility index (Phi) is 4.87. The highest BCUT2D eigenvalue weighted by molar-refractivity contribution is 9.10. The van der Waals surface area contributed by atoms with Gasteiger partial charge in [0.25, 0.3) is 0 Å². The molecule has 0 radical (unpaired) electrons. The van der Waals surface area contributed by atoms with Crippen LogP contribution in [-0.2, 0) is 13.2 Å². The number of aromatic nitrogens is 2. The van der Waals surface area contributed by atoms with E-state index in [1.54, 1.807) is 12.4 Å². The van der Waals surface area contributed by atoms with Crippen molar-refractivity contribution in [1.29, 1.82) is 0 Å². The monoisotopic (exact) mass is 321 g/mol. The first-order valence-corrected chi connectivity index (χ1v) is 6.94. The van der Waals surface area contributed by atoms with Crippen LogP contribution < -0.4 is 4.90 Å². The molecule has 0 aromatic carbocycles. The molecule has 2 rings (SSSR count). The minimum Gasteiger partial charge on any atom is -0.392 e. The fourth-order valence-corrected chi connectivity index (χ4v) is 2.28. The van der Waals surface area contributed by atoms with E-state index in [2.05, 4.69) is 37.7 Å². The second kappa shape index (κ2) is 6.63. The van der Waals surface area contributed by atoms with Gasteiger partial charge in [0.1, 0.15) is 5.82 Å². The van der Waals surface area contributed by atoms with Crippen molar-refractivity contribution in [3.05, 3.63) is 52.4 Å². The van der Waals surface area contributed by atoms with E-state index in [4.69, 9.17) is 0 Å². The molecule has 0 fully saturated rings. The van der Waals surface area contributed by atoms with Crippen molar-refractivity contribution in [2.24, 2.45) is 0 Å². The molecule has 2 aromatic heterocycles. The van der Waals surface area contributed by atoms with Crippen LogP contribution in [-0.4, -0.2) is 21.6 Å². The SMILES string of the molecule is CCN(Cc1ccccn1)c1ncc(Br)cc1CO. The Morgan fingerprint density at radius 2 is 2.16 bits per heavy atom. The number of aliphatic hydroxyl groups excluding tert-OH is 1. The van der Waals surface area contributed by atoms with E-state index < -0.39 is 0 Å². The first-order valence-electron chi connectivity index (χ1n) is 6.14. The van der Waals surface area contributed by atoms with E-state index in [9.17, 15) is 5.11 Å². The van der Waals surface area contributed by atoms with Gasteiger partial charge in [0.15, 0.2) is 0 Å². The molecule has 0 atom stereocenters. The number of hydrogen-bond acceptors (Lipinski definition) is 4. The summed E-state index contributed by atoms with van der Waals surface area (Å²) in [5.41, 5.74) is 1.80. The molecule has 0 unspecified atom stereocenters. The summed E-state index contributed by atoms with van der Waals surface area (Å²) in [7, 11) is 0. The van der Waals surface area contributed by atoms with E-state index >= 15 is 0 Å². The van der Waals surface area contributed by atoms with Gasteiger partial charge in [-0.2, -0.15) is 0 Å². The van der Waals surface area contributed by atoms with Crippen molar-refractivity contribution >= 4 is 21.7 Å². The summed E-state index contributed by atoms with van der Waals surface area (Å²) in [6.07, 6.45) is 3.53. The van der Waals surface area contributed by atoms with Gasteiger partial charge in [-0.1, -0.05) is 6.07 Å². The fraction of sp³-hybridized carbons (Fsp3) is 0.286. The summed E-state index contributed by atoms with van der Waals surface area (Å²) < 4.78 is 0.870. The van der Waals surface area contributed by atoms with Crippen LogP contribution in [0.25, 0.3) is 0 Å². The van der Waals surface area contributed by atoms with Crippen LogP contribution in [0.5, 0.6) is 0 Å². The van der Waals surface area contributed by atoms with Crippen LogP contribution in [0.3, 0.4) is 0 Å². The minimum atomic E-state index is -0.0273. The molecule has 2 heterocycles. The number of nitrogens with zero attached hydrogens (tertiary/aromatic N) is 3. The van der Waals surface area contributed by atoms with Crippen LogP contribution >= 0.6 is 15.9 Å². The lowest BCUT2D eigenvalue weighted by molar-refractivity contribution is 0.281. The summed E-state index contributed by atoms with van der Waals surface area (Å²) in [4.78, 5) is 10.8. The smallest absolute Gasteiger partial charge is 0.134 e. The number of pyridine rings is 2. The van der Waals surface area contributed by atoms with Crippen molar-refractivity contribution in [2.45, 2.75) is 20.1 Å². The third kappa shape index (κ3) is 3.52. The number of halogens is 1. The molecule has 0 spiro atoms. The Balaban J connectivity index is 2.27. The van der Waals surface area contributed by atoms with Crippen LogP contribution in [0.15, 0.2) is 41.1 Å². The van der Waals surface area contributed by atoms with E-state index in [1.165, 1.54) is 0 Å². The molecule has 2 aromatic rings. The van der Waals surface area contributed by atoms with Gasteiger partial charge in [-0.15, -0.1) is 0 Å². The molecule has 0 amide bonds. The number of anilines is 1. The first kappa shape index (κ1) is 14.0. The predicted octanol–water partition coefficient (Wildman–Crippen LogP) is 2.76. The number of hydrogen-bond donors (Lipinski definition) is 1. The molecular formula is C14H16BrN3O. The van der Waals surface area contributed by atoms with Gasteiger partial charge >= 0.3 is 0 Å². The van der Waals surface area contributed by atoms with Gasteiger partial charge in [0.05, 0.1) is 18.8 Å². The molecule has 0 aliphatic carbocycles. The van der Waals surface area contributed by atoms with Gasteiger partial charge in [0, 0.05) is 29.0 Å². The maximum absolute atomic E-state index is 9.45. The lowest BCUT2D eigenvalue weighted by Crippen LogP contribution is -2.25. The highest BCUT2D eigenvalue weighted by Gasteiger charge is 2.12. The molecule has 19 heavy (non-hydrogen) atoms. The number of aliphatic hydroxyl groups is 1. The Labute approximate surface area is 121 Å². The Morgan fingerprint density at radius 3 is 2.79 bits per heavy atom. The van der Waals surface area contributed by atoms with Crippen molar-refractivity contribution in [1.82, 2.24) is 9.97 Å². The van der Waals surface area contributed by atoms with Crippen molar-refractivity contribution in [3.63, 3.8) is 0 Å². The maximum atomic E-state index is 9.45. The normalized spacial score (nSPS) is 10.5. The molecular weight excluding hydrogens is 306 g/mol. The predicted molar refractivity (Wildman–Crippen MR) is 78.8 cm³/mol. The van der Waals surface area contributed by atoms with Gasteiger partial charge in [0.2, 0.25) is 0 Å². The summed E-state index contributed by atoms with van der Waals surface area (Å²) in [5, 5.41) is 9.45. The van der Waals surface area contributed by atoms with Crippen molar-refractivity contribution in [3.8, 4) is 0 Å². The Morgan fingerprint density at radius 1 is 1.32 bits per heavy atom. The van der Waals surface area contributed by atoms with Crippen LogP contribution in [0.4, 0.5) is 5.82 Å². The lowest BCUT2D eigenvalue weighted by Gasteiger charge is -2.23. The highest BCUT2D eigenvalue weighted by atomic mass is 79.9. The van der Waals surface area contributed by atoms with E-state index in [-0.39, 0.29) is 6.61 Å². The van der Waals surface area contributed by atoms with Gasteiger partial charge in [-0.05, 0) is 41.1 Å². The molecule has 0 bridgehead atoms. The van der Waals surface area contributed by atoms with E-state index in [1.807, 2.05) is 24.3 Å². The quantitative estimate of drug-likeness (QED) is 0.920. The maximum Gasteiger partial charge on any atom is 0.134 e. The second-order valence-electron chi connectivity index (χ2n) is 4.13. The summed E-state index contributed by atoms with van der Waals surface area (Å²) in [5.74, 6) is 0.804. The standard InChI is InChI=1S/C14H16BrN3O/c1-2-18(9-13-5-3-4-6-16-13)14-11(10-19)7-12(15)8-17-14/h3-8,19H,2,9-10H2,1H3. The van der Waals surface area contributed by atoms with Gasteiger partial charge in [-0.3, -0.25) is 4.98 Å². The van der Waals surface area contributed by atoms with E-state index in [0.717, 1.165) is 28.1 Å². The molecule has 0 saturated carbocycles. The van der Waals surface area contributed by atoms with Crippen LogP contribution in [0, 0.1) is 0 Å². The van der Waals surface area contributed by atoms with Gasteiger partial charge in [-0.25, -0.2) is 4.98 Å². The zero-order valence-corrected chi connectivity index (χ0v) is 12.3. The highest BCUT2D eigenvalue weighted by Crippen LogP contribution is 2.22. The van der Waals surface area contributed by atoms with E-state index in [0.29, 0.717) is 6.54 Å².